The van der Waals surface area contributed by atoms with Crippen LogP contribution in [0.2, 0.25) is 0 Å². The Labute approximate surface area is 166 Å². The van der Waals surface area contributed by atoms with Crippen LogP contribution in [-0.2, 0) is 16.0 Å². The molecule has 0 radical (unpaired) electrons. The van der Waals surface area contributed by atoms with Crippen molar-refractivity contribution in [3.63, 3.8) is 0 Å². The predicted molar refractivity (Wildman–Crippen MR) is 105 cm³/mol. The molecule has 2 aromatic rings. The van der Waals surface area contributed by atoms with Gasteiger partial charge in [-0.15, -0.1) is 11.3 Å². The Morgan fingerprint density at radius 2 is 2.11 bits per heavy atom. The summed E-state index contributed by atoms with van der Waals surface area (Å²) in [4.78, 5) is 36.9. The second-order valence-electron chi connectivity index (χ2n) is 6.30. The maximum atomic E-state index is 12.2. The zero-order valence-electron chi connectivity index (χ0n) is 15.3. The average Bonchev–Trinajstić information content (AvgIpc) is 3.21. The first kappa shape index (κ1) is 20.1. The van der Waals surface area contributed by atoms with E-state index in [9.17, 15) is 19.4 Å². The molecule has 28 heavy (non-hydrogen) atoms. The van der Waals surface area contributed by atoms with Crippen LogP contribution in [0.15, 0.2) is 35.7 Å². The van der Waals surface area contributed by atoms with Crippen molar-refractivity contribution in [1.82, 2.24) is 5.32 Å². The lowest BCUT2D eigenvalue weighted by Gasteiger charge is -2.29. The molecule has 1 aliphatic rings. The first-order valence-electron chi connectivity index (χ1n) is 8.99. The van der Waals surface area contributed by atoms with E-state index >= 15 is 0 Å². The number of thiophene rings is 1. The molecule has 0 aliphatic carbocycles. The molecule has 0 fully saturated rings. The van der Waals surface area contributed by atoms with Crippen LogP contribution in [0.4, 0.5) is 0 Å². The Kier molecular flexibility index (Phi) is 6.48. The molecule has 0 unspecified atom stereocenters. The van der Waals surface area contributed by atoms with Crippen molar-refractivity contribution in [3.8, 4) is 5.75 Å². The Bertz CT molecular complexity index is 869. The summed E-state index contributed by atoms with van der Waals surface area (Å²) in [5.41, 5.74) is 0.931. The molecule has 3 rings (SSSR count). The monoisotopic (exact) mass is 401 g/mol. The largest absolute Gasteiger partial charge is 0.547 e. The number of benzene rings is 1. The molecule has 0 bridgehead atoms. The summed E-state index contributed by atoms with van der Waals surface area (Å²) in [6, 6.07) is 8.55. The number of ether oxygens (including phenoxy) is 1. The molecule has 0 spiro atoms. The average molecular weight is 401 g/mol. The van der Waals surface area contributed by atoms with Crippen molar-refractivity contribution in [2.75, 3.05) is 6.61 Å². The summed E-state index contributed by atoms with van der Waals surface area (Å²) >= 11 is 1.34. The molecular formula is C19H20BNO6S. The Morgan fingerprint density at radius 3 is 2.82 bits per heavy atom. The number of esters is 1. The van der Waals surface area contributed by atoms with Crippen LogP contribution >= 0.6 is 11.3 Å². The lowest BCUT2D eigenvalue weighted by Crippen LogP contribution is -2.53. The van der Waals surface area contributed by atoms with Crippen LogP contribution < -0.4 is 9.97 Å². The third-order valence-corrected chi connectivity index (χ3v) is 5.25. The summed E-state index contributed by atoms with van der Waals surface area (Å²) in [5, 5.41) is 14.8. The van der Waals surface area contributed by atoms with E-state index in [4.69, 9.17) is 9.39 Å². The smallest absolute Gasteiger partial charge is 0.534 e. The molecule has 0 saturated heterocycles. The number of hydrogen-bond donors (Lipinski definition) is 2. The van der Waals surface area contributed by atoms with Gasteiger partial charge in [-0.1, -0.05) is 18.2 Å². The highest BCUT2D eigenvalue weighted by Crippen LogP contribution is 2.30. The van der Waals surface area contributed by atoms with E-state index in [1.165, 1.54) is 11.3 Å². The standard InChI is InChI=1S/C19H20BNO6S/c1-2-26-19(24)13-6-3-5-12-11-16(20(25)27-18(12)13)21-17(23)9-8-14(22)15-7-4-10-28-15/h3-7,10,16,25H,2,8-9,11H2,1H3,(H,21,23)/t16-/m0/s1. The van der Waals surface area contributed by atoms with Gasteiger partial charge < -0.3 is 19.7 Å². The van der Waals surface area contributed by atoms with Gasteiger partial charge in [0.15, 0.2) is 5.78 Å². The van der Waals surface area contributed by atoms with Crippen LogP contribution in [0.3, 0.4) is 0 Å². The van der Waals surface area contributed by atoms with Crippen molar-refractivity contribution in [1.29, 1.82) is 0 Å². The quantitative estimate of drug-likeness (QED) is 0.418. The molecule has 7 nitrogen and oxygen atoms in total. The second kappa shape index (κ2) is 9.03. The zero-order chi connectivity index (χ0) is 20.1. The van der Waals surface area contributed by atoms with E-state index in [0.29, 0.717) is 16.9 Å². The molecule has 2 heterocycles. The number of hydrogen-bond acceptors (Lipinski definition) is 7. The minimum absolute atomic E-state index is 0.0235. The van der Waals surface area contributed by atoms with Gasteiger partial charge in [-0.05, 0) is 36.4 Å². The molecule has 1 amide bonds. The summed E-state index contributed by atoms with van der Waals surface area (Å²) in [5.74, 6) is -1.36. The topological polar surface area (TPSA) is 102 Å². The number of ketones is 1. The summed E-state index contributed by atoms with van der Waals surface area (Å²) in [7, 11) is -1.31. The molecule has 1 atom stereocenters. The number of carbonyl (C=O) groups is 3. The van der Waals surface area contributed by atoms with Gasteiger partial charge in [-0.2, -0.15) is 0 Å². The van der Waals surface area contributed by atoms with Gasteiger partial charge in [0.1, 0.15) is 11.3 Å². The molecule has 0 saturated carbocycles. The molecule has 1 aromatic heterocycles. The van der Waals surface area contributed by atoms with Crippen LogP contribution in [0.1, 0.15) is 45.4 Å². The Balaban J connectivity index is 1.61. The van der Waals surface area contributed by atoms with E-state index in [1.54, 1.807) is 37.3 Å². The molecular weight excluding hydrogens is 381 g/mol. The number of para-hydroxylation sites is 1. The van der Waals surface area contributed by atoms with Crippen molar-refractivity contribution in [3.05, 3.63) is 51.7 Å². The first-order valence-corrected chi connectivity index (χ1v) is 9.87. The van der Waals surface area contributed by atoms with E-state index in [-0.39, 0.29) is 42.5 Å². The van der Waals surface area contributed by atoms with Crippen LogP contribution in [0, 0.1) is 0 Å². The highest BCUT2D eigenvalue weighted by atomic mass is 32.1. The molecule has 2 N–H and O–H groups in total. The number of carbonyl (C=O) groups excluding carboxylic acids is 3. The van der Waals surface area contributed by atoms with Crippen LogP contribution in [0.25, 0.3) is 0 Å². The highest BCUT2D eigenvalue weighted by Gasteiger charge is 2.37. The van der Waals surface area contributed by atoms with Gasteiger partial charge in [0.05, 0.1) is 17.4 Å². The number of Topliss-reactive ketones (excluding diaryl/α,β-unsaturated/α-hetero) is 1. The first-order chi connectivity index (χ1) is 13.5. The minimum Gasteiger partial charge on any atom is -0.534 e. The van der Waals surface area contributed by atoms with Crippen molar-refractivity contribution >= 4 is 36.1 Å². The van der Waals surface area contributed by atoms with Gasteiger partial charge in [0, 0.05) is 12.8 Å². The fourth-order valence-electron chi connectivity index (χ4n) is 2.98. The van der Waals surface area contributed by atoms with E-state index in [2.05, 4.69) is 5.32 Å². The maximum absolute atomic E-state index is 12.2. The lowest BCUT2D eigenvalue weighted by molar-refractivity contribution is -0.121. The van der Waals surface area contributed by atoms with E-state index in [0.717, 1.165) is 0 Å². The number of amides is 1. The fraction of sp³-hybridized carbons (Fsp3) is 0.316. The Morgan fingerprint density at radius 1 is 1.29 bits per heavy atom. The number of rotatable bonds is 7. The fourth-order valence-corrected chi connectivity index (χ4v) is 3.68. The molecule has 9 heteroatoms. The van der Waals surface area contributed by atoms with Gasteiger partial charge in [-0.3, -0.25) is 9.59 Å². The lowest BCUT2D eigenvalue weighted by atomic mass is 9.72. The Hall–Kier alpha value is -2.65. The highest BCUT2D eigenvalue weighted by molar-refractivity contribution is 7.12. The normalized spacial score (nSPS) is 15.4. The maximum Gasteiger partial charge on any atom is 0.547 e. The van der Waals surface area contributed by atoms with Crippen molar-refractivity contribution < 1.29 is 28.8 Å². The molecule has 1 aliphatic heterocycles. The third-order valence-electron chi connectivity index (χ3n) is 4.34. The van der Waals surface area contributed by atoms with Crippen molar-refractivity contribution in [2.24, 2.45) is 0 Å². The molecule has 1 aromatic carbocycles. The van der Waals surface area contributed by atoms with Gasteiger partial charge in [0.2, 0.25) is 5.91 Å². The predicted octanol–water partition coefficient (Wildman–Crippen LogP) is 2.03. The summed E-state index contributed by atoms with van der Waals surface area (Å²) in [6.07, 6.45) is 0.420. The van der Waals surface area contributed by atoms with Gasteiger partial charge in [0.25, 0.3) is 0 Å². The summed E-state index contributed by atoms with van der Waals surface area (Å²) < 4.78 is 10.5. The van der Waals surface area contributed by atoms with Gasteiger partial charge in [-0.25, -0.2) is 4.79 Å². The molecule has 146 valence electrons. The van der Waals surface area contributed by atoms with Crippen LogP contribution in [0.5, 0.6) is 5.75 Å². The van der Waals surface area contributed by atoms with E-state index in [1.807, 2.05) is 5.38 Å². The van der Waals surface area contributed by atoms with Crippen molar-refractivity contribution in [2.45, 2.75) is 32.1 Å². The zero-order valence-corrected chi connectivity index (χ0v) is 16.2. The number of nitrogens with one attached hydrogen (secondary N) is 1. The van der Waals surface area contributed by atoms with Gasteiger partial charge >= 0.3 is 13.1 Å². The second-order valence-corrected chi connectivity index (χ2v) is 7.25. The van der Waals surface area contributed by atoms with E-state index < -0.39 is 19.0 Å². The minimum atomic E-state index is -1.31. The third kappa shape index (κ3) is 4.60. The van der Waals surface area contributed by atoms with Crippen LogP contribution in [-0.4, -0.2) is 42.4 Å². The summed E-state index contributed by atoms with van der Waals surface area (Å²) in [6.45, 7) is 1.94. The number of fused-ring (bicyclic) bond motifs is 1. The SMILES string of the molecule is CCOC(=O)c1cccc2c1OB(O)[C@@H](NC(=O)CCC(=O)c1cccs1)C2.